The Kier molecular flexibility index (Phi) is 4.80. The van der Waals surface area contributed by atoms with E-state index in [2.05, 4.69) is 29.5 Å². The largest absolute Gasteiger partial charge is 0.314 e. The number of sulfone groups is 1. The maximum Gasteiger partial charge on any atom is 0.150 e. The minimum atomic E-state index is -2.84. The molecule has 1 aromatic heterocycles. The van der Waals surface area contributed by atoms with E-state index in [9.17, 15) is 8.42 Å². The number of hydrogen-bond donors (Lipinski definition) is 1. The van der Waals surface area contributed by atoms with Gasteiger partial charge in [0.25, 0.3) is 0 Å². The number of nitrogens with one attached hydrogen (secondary N) is 1. The van der Waals surface area contributed by atoms with E-state index in [-0.39, 0.29) is 5.92 Å². The molecule has 0 aliphatic carbocycles. The van der Waals surface area contributed by atoms with Crippen molar-refractivity contribution < 1.29 is 8.42 Å². The van der Waals surface area contributed by atoms with Crippen molar-refractivity contribution in [2.24, 2.45) is 18.9 Å². The lowest BCUT2D eigenvalue weighted by Gasteiger charge is -2.23. The smallest absolute Gasteiger partial charge is 0.150 e. The van der Waals surface area contributed by atoms with Crippen molar-refractivity contribution in [2.75, 3.05) is 18.1 Å². The van der Waals surface area contributed by atoms with Crippen LogP contribution in [0, 0.1) is 11.8 Å². The van der Waals surface area contributed by atoms with Crippen molar-refractivity contribution in [2.45, 2.75) is 32.7 Å². The molecule has 7 heteroatoms. The molecule has 0 bridgehead atoms. The second-order valence-corrected chi connectivity index (χ2v) is 8.30. The number of rotatable bonds is 6. The Morgan fingerprint density at radius 2 is 2.25 bits per heavy atom. The van der Waals surface area contributed by atoms with Crippen LogP contribution in [0.25, 0.3) is 0 Å². The molecule has 1 aromatic rings. The third-order valence-corrected chi connectivity index (χ3v) is 5.64. The van der Waals surface area contributed by atoms with Crippen LogP contribution < -0.4 is 5.32 Å². The van der Waals surface area contributed by atoms with Crippen molar-refractivity contribution in [3.8, 4) is 0 Å². The fraction of sp³-hybridized carbons (Fsp3) is 0.846. The summed E-state index contributed by atoms with van der Waals surface area (Å²) in [7, 11) is -0.990. The average molecular weight is 300 g/mol. The summed E-state index contributed by atoms with van der Waals surface area (Å²) in [6.45, 7) is 5.03. The van der Waals surface area contributed by atoms with Crippen LogP contribution in [0.3, 0.4) is 0 Å². The highest BCUT2D eigenvalue weighted by Crippen LogP contribution is 2.28. The lowest BCUT2D eigenvalue weighted by atomic mass is 9.88. The lowest BCUT2D eigenvalue weighted by Crippen LogP contribution is -2.34. The van der Waals surface area contributed by atoms with Gasteiger partial charge in [-0.3, -0.25) is 4.68 Å². The maximum atomic E-state index is 11.7. The second kappa shape index (κ2) is 6.22. The van der Waals surface area contributed by atoms with Gasteiger partial charge in [0, 0.05) is 19.3 Å². The van der Waals surface area contributed by atoms with Gasteiger partial charge in [0.2, 0.25) is 0 Å². The van der Waals surface area contributed by atoms with E-state index < -0.39 is 9.84 Å². The first-order valence-electron chi connectivity index (χ1n) is 7.15. The van der Waals surface area contributed by atoms with E-state index >= 15 is 0 Å². The molecule has 0 radical (unpaired) electrons. The molecule has 0 spiro atoms. The van der Waals surface area contributed by atoms with Crippen molar-refractivity contribution >= 4 is 9.84 Å². The van der Waals surface area contributed by atoms with Crippen LogP contribution in [0.2, 0.25) is 0 Å². The standard InChI is InChI=1S/C13H24N4O2S/c1-10(2)14-7-12(6-13-8-17(3)16-15-13)11-4-5-20(18,19)9-11/h8,10-12,14H,4-7,9H2,1-3H3. The lowest BCUT2D eigenvalue weighted by molar-refractivity contribution is 0.331. The fourth-order valence-corrected chi connectivity index (χ4v) is 4.67. The molecular formula is C13H24N4O2S. The van der Waals surface area contributed by atoms with Crippen LogP contribution in [-0.2, 0) is 23.3 Å². The van der Waals surface area contributed by atoms with Crippen molar-refractivity contribution in [3.63, 3.8) is 0 Å². The summed E-state index contributed by atoms with van der Waals surface area (Å²) < 4.78 is 25.1. The fourth-order valence-electron chi connectivity index (χ4n) is 2.75. The molecule has 1 fully saturated rings. The predicted octanol–water partition coefficient (Wildman–Crippen LogP) is 0.407. The number of aromatic nitrogens is 3. The van der Waals surface area contributed by atoms with Crippen molar-refractivity contribution in [1.82, 2.24) is 20.3 Å². The first-order chi connectivity index (χ1) is 9.35. The highest BCUT2D eigenvalue weighted by molar-refractivity contribution is 7.91. The summed E-state index contributed by atoms with van der Waals surface area (Å²) in [6.07, 6.45) is 3.46. The molecule has 114 valence electrons. The first-order valence-corrected chi connectivity index (χ1v) is 8.97. The third kappa shape index (κ3) is 4.28. The molecule has 1 aliphatic heterocycles. The Labute approximate surface area is 120 Å². The highest BCUT2D eigenvalue weighted by Gasteiger charge is 2.34. The predicted molar refractivity (Wildman–Crippen MR) is 78.1 cm³/mol. The van der Waals surface area contributed by atoms with Gasteiger partial charge < -0.3 is 5.32 Å². The number of nitrogens with zero attached hydrogens (tertiary/aromatic N) is 3. The van der Waals surface area contributed by atoms with Crippen LogP contribution in [0.15, 0.2) is 6.20 Å². The zero-order chi connectivity index (χ0) is 14.8. The zero-order valence-corrected chi connectivity index (χ0v) is 13.2. The normalized spacial score (nSPS) is 23.3. The third-order valence-electron chi connectivity index (χ3n) is 3.84. The van der Waals surface area contributed by atoms with Crippen molar-refractivity contribution in [1.29, 1.82) is 0 Å². The van der Waals surface area contributed by atoms with Crippen LogP contribution in [-0.4, -0.2) is 47.5 Å². The summed E-state index contributed by atoms with van der Waals surface area (Å²) >= 11 is 0. The van der Waals surface area contributed by atoms with Gasteiger partial charge in [-0.25, -0.2) is 8.42 Å². The van der Waals surface area contributed by atoms with E-state index in [1.165, 1.54) is 0 Å². The van der Waals surface area contributed by atoms with E-state index in [4.69, 9.17) is 0 Å². The van der Waals surface area contributed by atoms with E-state index in [1.54, 1.807) is 4.68 Å². The summed E-state index contributed by atoms with van der Waals surface area (Å²) in [6, 6.07) is 0.400. The van der Waals surface area contributed by atoms with Crippen molar-refractivity contribution in [3.05, 3.63) is 11.9 Å². The SMILES string of the molecule is CC(C)NCC(Cc1cn(C)nn1)C1CCS(=O)(=O)C1. The molecule has 6 nitrogen and oxygen atoms in total. The molecule has 2 unspecified atom stereocenters. The molecular weight excluding hydrogens is 276 g/mol. The minimum Gasteiger partial charge on any atom is -0.314 e. The number of hydrogen-bond acceptors (Lipinski definition) is 5. The second-order valence-electron chi connectivity index (χ2n) is 6.07. The zero-order valence-electron chi connectivity index (χ0n) is 12.4. The van der Waals surface area contributed by atoms with Gasteiger partial charge in [0.1, 0.15) is 0 Å². The molecule has 0 saturated carbocycles. The van der Waals surface area contributed by atoms with Gasteiger partial charge in [-0.2, -0.15) is 0 Å². The van der Waals surface area contributed by atoms with Gasteiger partial charge in [-0.05, 0) is 31.2 Å². The van der Waals surface area contributed by atoms with Gasteiger partial charge in [0.05, 0.1) is 17.2 Å². The quantitative estimate of drug-likeness (QED) is 0.823. The Bertz CT molecular complexity index is 538. The topological polar surface area (TPSA) is 76.9 Å². The van der Waals surface area contributed by atoms with Gasteiger partial charge in [-0.15, -0.1) is 5.10 Å². The molecule has 2 atom stereocenters. The first kappa shape index (κ1) is 15.4. The Morgan fingerprint density at radius 1 is 1.50 bits per heavy atom. The molecule has 0 aromatic carbocycles. The Hall–Kier alpha value is -0.950. The van der Waals surface area contributed by atoms with Gasteiger partial charge >= 0.3 is 0 Å². The Balaban J connectivity index is 2.04. The van der Waals surface area contributed by atoms with Gasteiger partial charge in [-0.1, -0.05) is 19.1 Å². The molecule has 2 rings (SSSR count). The van der Waals surface area contributed by atoms with Crippen LogP contribution in [0.4, 0.5) is 0 Å². The maximum absolute atomic E-state index is 11.7. The van der Waals surface area contributed by atoms with Gasteiger partial charge in [0.15, 0.2) is 9.84 Å². The Morgan fingerprint density at radius 3 is 2.75 bits per heavy atom. The molecule has 1 aliphatic rings. The number of aryl methyl sites for hydroxylation is 1. The molecule has 0 amide bonds. The van der Waals surface area contributed by atoms with E-state index in [0.29, 0.717) is 23.5 Å². The van der Waals surface area contributed by atoms with E-state index in [0.717, 1.165) is 25.1 Å². The average Bonchev–Trinajstić information content (AvgIpc) is 2.90. The molecule has 20 heavy (non-hydrogen) atoms. The highest BCUT2D eigenvalue weighted by atomic mass is 32.2. The van der Waals surface area contributed by atoms with Crippen LogP contribution >= 0.6 is 0 Å². The van der Waals surface area contributed by atoms with Crippen LogP contribution in [0.5, 0.6) is 0 Å². The summed E-state index contributed by atoms with van der Waals surface area (Å²) in [4.78, 5) is 0. The van der Waals surface area contributed by atoms with E-state index in [1.807, 2.05) is 13.2 Å². The summed E-state index contributed by atoms with van der Waals surface area (Å²) in [5, 5.41) is 11.5. The molecule has 2 heterocycles. The molecule has 1 N–H and O–H groups in total. The minimum absolute atomic E-state index is 0.230. The summed E-state index contributed by atoms with van der Waals surface area (Å²) in [5.41, 5.74) is 0.937. The van der Waals surface area contributed by atoms with Crippen LogP contribution in [0.1, 0.15) is 26.0 Å². The molecule has 1 saturated heterocycles. The monoisotopic (exact) mass is 300 g/mol. The summed E-state index contributed by atoms with van der Waals surface area (Å²) in [5.74, 6) is 1.17.